The number of aromatic nitrogens is 2. The van der Waals surface area contributed by atoms with Crippen LogP contribution in [0.25, 0.3) is 10.9 Å². The monoisotopic (exact) mass is 233 g/mol. The lowest BCUT2D eigenvalue weighted by Gasteiger charge is -2.08. The van der Waals surface area contributed by atoms with Crippen LogP contribution in [-0.2, 0) is 4.74 Å². The summed E-state index contributed by atoms with van der Waals surface area (Å²) in [6, 6.07) is 7.63. The Hall–Kier alpha value is -1.88. The molecule has 0 saturated carbocycles. The highest BCUT2D eigenvalue weighted by Gasteiger charge is 2.06. The van der Waals surface area contributed by atoms with Crippen LogP contribution in [0.15, 0.2) is 24.3 Å². The van der Waals surface area contributed by atoms with Crippen LogP contribution in [-0.4, -0.2) is 30.3 Å². The standard InChI is InChI=1S/C12H15N3O2/c1-16-7-4-8-17-11-9-5-2-3-6-10(9)14-12(13)15-11/h2-3,5-6H,4,7-8H2,1H3,(H2,13,14,15). The third kappa shape index (κ3) is 2.82. The fourth-order valence-electron chi connectivity index (χ4n) is 1.55. The van der Waals surface area contributed by atoms with Crippen molar-refractivity contribution >= 4 is 16.9 Å². The van der Waals surface area contributed by atoms with Gasteiger partial charge in [-0.1, -0.05) is 12.1 Å². The maximum absolute atomic E-state index is 5.63. The van der Waals surface area contributed by atoms with Gasteiger partial charge in [0.2, 0.25) is 11.8 Å². The molecule has 0 radical (unpaired) electrons. The van der Waals surface area contributed by atoms with Gasteiger partial charge < -0.3 is 15.2 Å². The van der Waals surface area contributed by atoms with Gasteiger partial charge >= 0.3 is 0 Å². The Morgan fingerprint density at radius 1 is 1.18 bits per heavy atom. The number of nitrogens with two attached hydrogens (primary N) is 1. The maximum Gasteiger partial charge on any atom is 0.226 e. The number of hydrogen-bond acceptors (Lipinski definition) is 5. The lowest BCUT2D eigenvalue weighted by atomic mass is 10.2. The third-order valence-electron chi connectivity index (χ3n) is 2.32. The van der Waals surface area contributed by atoms with Crippen molar-refractivity contribution in [3.8, 4) is 5.88 Å². The summed E-state index contributed by atoms with van der Waals surface area (Å²) in [5, 5.41) is 0.874. The number of fused-ring (bicyclic) bond motifs is 1. The van der Waals surface area contributed by atoms with Crippen LogP contribution >= 0.6 is 0 Å². The summed E-state index contributed by atoms with van der Waals surface area (Å²) in [7, 11) is 1.66. The van der Waals surface area contributed by atoms with Gasteiger partial charge in [-0.25, -0.2) is 4.98 Å². The molecular weight excluding hydrogens is 218 g/mol. The third-order valence-corrected chi connectivity index (χ3v) is 2.32. The molecule has 0 fully saturated rings. The SMILES string of the molecule is COCCCOc1nc(N)nc2ccccc12. The molecular formula is C12H15N3O2. The smallest absolute Gasteiger partial charge is 0.226 e. The van der Waals surface area contributed by atoms with Gasteiger partial charge in [0.1, 0.15) is 0 Å². The van der Waals surface area contributed by atoms with Gasteiger partial charge in [0, 0.05) is 20.1 Å². The first-order valence-electron chi connectivity index (χ1n) is 5.45. The van der Waals surface area contributed by atoms with Crippen molar-refractivity contribution in [2.75, 3.05) is 26.1 Å². The molecule has 1 aromatic carbocycles. The zero-order chi connectivity index (χ0) is 12.1. The maximum atomic E-state index is 5.63. The minimum Gasteiger partial charge on any atom is -0.477 e. The Balaban J connectivity index is 2.20. The van der Waals surface area contributed by atoms with Crippen LogP contribution in [0.4, 0.5) is 5.95 Å². The fraction of sp³-hybridized carbons (Fsp3) is 0.333. The Labute approximate surface area is 99.6 Å². The van der Waals surface area contributed by atoms with Crippen molar-refractivity contribution in [3.05, 3.63) is 24.3 Å². The molecule has 2 rings (SSSR count). The molecule has 1 aromatic heterocycles. The molecule has 17 heavy (non-hydrogen) atoms. The number of methoxy groups -OCH3 is 1. The van der Waals surface area contributed by atoms with Gasteiger partial charge in [0.05, 0.1) is 17.5 Å². The van der Waals surface area contributed by atoms with E-state index in [0.717, 1.165) is 17.3 Å². The van der Waals surface area contributed by atoms with Crippen molar-refractivity contribution in [1.82, 2.24) is 9.97 Å². The lowest BCUT2D eigenvalue weighted by molar-refractivity contribution is 0.171. The van der Waals surface area contributed by atoms with E-state index in [4.69, 9.17) is 15.2 Å². The van der Waals surface area contributed by atoms with Crippen LogP contribution in [0.5, 0.6) is 5.88 Å². The van der Waals surface area contributed by atoms with Crippen LogP contribution in [0.2, 0.25) is 0 Å². The molecule has 2 aromatic rings. The summed E-state index contributed by atoms with van der Waals surface area (Å²) < 4.78 is 10.5. The summed E-state index contributed by atoms with van der Waals surface area (Å²) in [5.74, 6) is 0.759. The van der Waals surface area contributed by atoms with E-state index in [1.807, 2.05) is 24.3 Å². The Kier molecular flexibility index (Phi) is 3.72. The van der Waals surface area contributed by atoms with E-state index in [9.17, 15) is 0 Å². The van der Waals surface area contributed by atoms with Crippen molar-refractivity contribution in [2.24, 2.45) is 0 Å². The number of rotatable bonds is 5. The normalized spacial score (nSPS) is 10.6. The van der Waals surface area contributed by atoms with E-state index < -0.39 is 0 Å². The van der Waals surface area contributed by atoms with Crippen molar-refractivity contribution in [3.63, 3.8) is 0 Å². The fourth-order valence-corrected chi connectivity index (χ4v) is 1.55. The Morgan fingerprint density at radius 2 is 2.00 bits per heavy atom. The number of para-hydroxylation sites is 1. The van der Waals surface area contributed by atoms with Crippen molar-refractivity contribution in [2.45, 2.75) is 6.42 Å². The minimum atomic E-state index is 0.227. The highest BCUT2D eigenvalue weighted by molar-refractivity contribution is 5.84. The number of hydrogen-bond donors (Lipinski definition) is 1. The van der Waals surface area contributed by atoms with E-state index in [0.29, 0.717) is 19.1 Å². The highest BCUT2D eigenvalue weighted by Crippen LogP contribution is 2.22. The van der Waals surface area contributed by atoms with E-state index in [1.165, 1.54) is 0 Å². The van der Waals surface area contributed by atoms with E-state index in [-0.39, 0.29) is 5.95 Å². The Bertz CT molecular complexity index is 502. The number of anilines is 1. The Morgan fingerprint density at radius 3 is 2.82 bits per heavy atom. The summed E-state index contributed by atoms with van der Waals surface area (Å²) in [6.07, 6.45) is 0.814. The zero-order valence-electron chi connectivity index (χ0n) is 9.72. The molecule has 5 heteroatoms. The molecule has 5 nitrogen and oxygen atoms in total. The molecule has 90 valence electrons. The van der Waals surface area contributed by atoms with Gasteiger partial charge in [-0.15, -0.1) is 0 Å². The lowest BCUT2D eigenvalue weighted by Crippen LogP contribution is -2.05. The molecule has 0 bridgehead atoms. The van der Waals surface area contributed by atoms with Gasteiger partial charge in [0.15, 0.2) is 0 Å². The average Bonchev–Trinajstić information content (AvgIpc) is 2.34. The molecule has 0 aliphatic carbocycles. The van der Waals surface area contributed by atoms with E-state index in [1.54, 1.807) is 7.11 Å². The second kappa shape index (κ2) is 5.45. The molecule has 0 aliphatic rings. The first-order valence-corrected chi connectivity index (χ1v) is 5.45. The summed E-state index contributed by atoms with van der Waals surface area (Å²) >= 11 is 0. The predicted octanol–water partition coefficient (Wildman–Crippen LogP) is 1.63. The first-order chi connectivity index (χ1) is 8.31. The second-order valence-electron chi connectivity index (χ2n) is 3.60. The minimum absolute atomic E-state index is 0.227. The first kappa shape index (κ1) is 11.6. The topological polar surface area (TPSA) is 70.3 Å². The largest absolute Gasteiger partial charge is 0.477 e. The van der Waals surface area contributed by atoms with Crippen LogP contribution < -0.4 is 10.5 Å². The molecule has 1 heterocycles. The second-order valence-corrected chi connectivity index (χ2v) is 3.60. The molecule has 0 atom stereocenters. The number of benzene rings is 1. The quantitative estimate of drug-likeness (QED) is 0.795. The van der Waals surface area contributed by atoms with Gasteiger partial charge in [0.25, 0.3) is 0 Å². The molecule has 0 saturated heterocycles. The van der Waals surface area contributed by atoms with E-state index in [2.05, 4.69) is 9.97 Å². The van der Waals surface area contributed by atoms with Gasteiger partial charge in [-0.3, -0.25) is 0 Å². The van der Waals surface area contributed by atoms with Crippen LogP contribution in [0, 0.1) is 0 Å². The number of nitrogens with zero attached hydrogens (tertiary/aromatic N) is 2. The van der Waals surface area contributed by atoms with Gasteiger partial charge in [-0.2, -0.15) is 4.98 Å². The summed E-state index contributed by atoms with van der Waals surface area (Å²) in [5.41, 5.74) is 6.42. The number of nitrogen functional groups attached to an aromatic ring is 1. The summed E-state index contributed by atoms with van der Waals surface area (Å²) in [6.45, 7) is 1.22. The average molecular weight is 233 g/mol. The van der Waals surface area contributed by atoms with Gasteiger partial charge in [-0.05, 0) is 12.1 Å². The molecule has 0 amide bonds. The molecule has 0 unspecified atom stereocenters. The molecule has 0 spiro atoms. The molecule has 0 aliphatic heterocycles. The van der Waals surface area contributed by atoms with E-state index >= 15 is 0 Å². The zero-order valence-corrected chi connectivity index (χ0v) is 9.72. The summed E-state index contributed by atoms with van der Waals surface area (Å²) in [4.78, 5) is 8.25. The van der Waals surface area contributed by atoms with Crippen LogP contribution in [0.3, 0.4) is 0 Å². The van der Waals surface area contributed by atoms with Crippen molar-refractivity contribution < 1.29 is 9.47 Å². The highest BCUT2D eigenvalue weighted by atomic mass is 16.5. The van der Waals surface area contributed by atoms with Crippen LogP contribution in [0.1, 0.15) is 6.42 Å². The number of ether oxygens (including phenoxy) is 2. The van der Waals surface area contributed by atoms with Crippen molar-refractivity contribution in [1.29, 1.82) is 0 Å². The molecule has 2 N–H and O–H groups in total. The predicted molar refractivity (Wildman–Crippen MR) is 65.9 cm³/mol.